The maximum atomic E-state index is 12.1. The molecule has 0 aliphatic carbocycles. The Balaban J connectivity index is 2.38. The summed E-state index contributed by atoms with van der Waals surface area (Å²) in [5, 5.41) is 11.8. The van der Waals surface area contributed by atoms with Crippen LogP contribution in [-0.4, -0.2) is 10.9 Å². The Labute approximate surface area is 127 Å². The highest BCUT2D eigenvalue weighted by Crippen LogP contribution is 2.23. The van der Waals surface area contributed by atoms with Gasteiger partial charge in [-0.1, -0.05) is 17.7 Å². The summed E-state index contributed by atoms with van der Waals surface area (Å²) in [7, 11) is 0. The van der Waals surface area contributed by atoms with Gasteiger partial charge in [-0.15, -0.1) is 0 Å². The highest BCUT2D eigenvalue weighted by atomic mass is 79.9. The van der Waals surface area contributed by atoms with E-state index in [1.54, 1.807) is 12.1 Å². The van der Waals surface area contributed by atoms with Crippen LogP contribution in [-0.2, 0) is 0 Å². The lowest BCUT2D eigenvalue weighted by atomic mass is 10.2. The van der Waals surface area contributed by atoms with E-state index < -0.39 is 11.5 Å². The summed E-state index contributed by atoms with van der Waals surface area (Å²) in [6.07, 6.45) is 1.43. The van der Waals surface area contributed by atoms with Crippen molar-refractivity contribution in [1.82, 2.24) is 4.98 Å². The molecule has 5 nitrogen and oxygen atoms in total. The van der Waals surface area contributed by atoms with E-state index in [1.807, 2.05) is 6.07 Å². The van der Waals surface area contributed by atoms with Crippen molar-refractivity contribution in [3.05, 3.63) is 61.4 Å². The maximum Gasteiger partial charge on any atom is 0.261 e. The van der Waals surface area contributed by atoms with Crippen LogP contribution < -0.4 is 10.9 Å². The zero-order valence-corrected chi connectivity index (χ0v) is 12.2. The van der Waals surface area contributed by atoms with E-state index in [1.165, 1.54) is 18.3 Å². The molecule has 0 spiro atoms. The number of anilines is 1. The van der Waals surface area contributed by atoms with Gasteiger partial charge in [0.1, 0.15) is 11.6 Å². The molecule has 0 saturated heterocycles. The fourth-order valence-corrected chi connectivity index (χ4v) is 2.12. The summed E-state index contributed by atoms with van der Waals surface area (Å²) in [4.78, 5) is 26.1. The van der Waals surface area contributed by atoms with Crippen LogP contribution in [0.5, 0.6) is 0 Å². The molecule has 1 aromatic carbocycles. The average Bonchev–Trinajstić information content (AvgIpc) is 2.41. The number of aromatic amines is 1. The molecule has 2 N–H and O–H groups in total. The molecule has 0 aliphatic heterocycles. The predicted octanol–water partition coefficient (Wildman–Crippen LogP) is 2.91. The van der Waals surface area contributed by atoms with Crippen LogP contribution in [0.15, 0.2) is 39.7 Å². The molecule has 0 aliphatic rings. The molecule has 1 heterocycles. The third kappa shape index (κ3) is 2.90. The van der Waals surface area contributed by atoms with E-state index in [0.717, 1.165) is 0 Å². The number of hydrogen-bond donors (Lipinski definition) is 2. The normalized spacial score (nSPS) is 9.85. The minimum Gasteiger partial charge on any atom is -0.327 e. The second-order valence-corrected chi connectivity index (χ2v) is 5.11. The number of amides is 1. The molecule has 2 aromatic rings. The molecule has 1 aromatic heterocycles. The van der Waals surface area contributed by atoms with Gasteiger partial charge in [-0.2, -0.15) is 5.26 Å². The predicted molar refractivity (Wildman–Crippen MR) is 78.9 cm³/mol. The van der Waals surface area contributed by atoms with Crippen molar-refractivity contribution >= 4 is 39.1 Å². The molecular weight excluding hydrogens is 346 g/mol. The molecule has 0 unspecified atom stereocenters. The number of benzene rings is 1. The Morgan fingerprint density at radius 3 is 2.90 bits per heavy atom. The Morgan fingerprint density at radius 2 is 2.20 bits per heavy atom. The quantitative estimate of drug-likeness (QED) is 0.871. The van der Waals surface area contributed by atoms with Gasteiger partial charge in [-0.25, -0.2) is 0 Å². The van der Waals surface area contributed by atoms with E-state index in [2.05, 4.69) is 26.2 Å². The fraction of sp³-hybridized carbons (Fsp3) is 0. The number of aromatic nitrogens is 1. The SMILES string of the molecule is N#Cc1c(Cl)cccc1NC(=O)c1cc(Br)c[nH]c1=O. The van der Waals surface area contributed by atoms with Gasteiger partial charge in [-0.05, 0) is 34.1 Å². The number of nitrogens with zero attached hydrogens (tertiary/aromatic N) is 1. The zero-order chi connectivity index (χ0) is 14.7. The highest BCUT2D eigenvalue weighted by Gasteiger charge is 2.14. The van der Waals surface area contributed by atoms with Crippen LogP contribution in [0.4, 0.5) is 5.69 Å². The van der Waals surface area contributed by atoms with Gasteiger partial charge in [-0.3, -0.25) is 9.59 Å². The lowest BCUT2D eigenvalue weighted by molar-refractivity contribution is 0.102. The molecule has 1 amide bonds. The number of nitrogens with one attached hydrogen (secondary N) is 2. The van der Waals surface area contributed by atoms with Crippen LogP contribution in [0.3, 0.4) is 0 Å². The molecule has 0 radical (unpaired) electrons. The van der Waals surface area contributed by atoms with E-state index in [4.69, 9.17) is 16.9 Å². The van der Waals surface area contributed by atoms with E-state index in [9.17, 15) is 9.59 Å². The first kappa shape index (κ1) is 14.3. The number of carbonyl (C=O) groups excluding carboxylic acids is 1. The molecule has 0 bridgehead atoms. The summed E-state index contributed by atoms with van der Waals surface area (Å²) in [6.45, 7) is 0. The molecule has 100 valence electrons. The van der Waals surface area contributed by atoms with Gasteiger partial charge in [0.05, 0.1) is 16.3 Å². The third-order valence-corrected chi connectivity index (χ3v) is 3.26. The topological polar surface area (TPSA) is 85.8 Å². The highest BCUT2D eigenvalue weighted by molar-refractivity contribution is 9.10. The molecule has 20 heavy (non-hydrogen) atoms. The summed E-state index contributed by atoms with van der Waals surface area (Å²) < 4.78 is 0.564. The first-order valence-corrected chi connectivity index (χ1v) is 6.58. The van der Waals surface area contributed by atoms with E-state index in [-0.39, 0.29) is 21.8 Å². The number of rotatable bonds is 2. The Bertz CT molecular complexity index is 780. The number of H-pyrrole nitrogens is 1. The molecule has 0 atom stereocenters. The first-order chi connectivity index (χ1) is 9.52. The second-order valence-electron chi connectivity index (χ2n) is 3.79. The minimum atomic E-state index is -0.619. The number of carbonyl (C=O) groups is 1. The van der Waals surface area contributed by atoms with Crippen LogP contribution in [0, 0.1) is 11.3 Å². The van der Waals surface area contributed by atoms with Crippen LogP contribution in [0.1, 0.15) is 15.9 Å². The Hall–Kier alpha value is -2.10. The minimum absolute atomic E-state index is 0.0664. The molecule has 0 saturated carbocycles. The van der Waals surface area contributed by atoms with E-state index >= 15 is 0 Å². The lowest BCUT2D eigenvalue weighted by Gasteiger charge is -2.07. The van der Waals surface area contributed by atoms with Gasteiger partial charge >= 0.3 is 0 Å². The van der Waals surface area contributed by atoms with Crippen LogP contribution in [0.2, 0.25) is 5.02 Å². The Kier molecular flexibility index (Phi) is 4.23. The first-order valence-electron chi connectivity index (χ1n) is 5.41. The van der Waals surface area contributed by atoms with Crippen molar-refractivity contribution in [2.75, 3.05) is 5.32 Å². The van der Waals surface area contributed by atoms with E-state index in [0.29, 0.717) is 4.47 Å². The van der Waals surface area contributed by atoms with Crippen molar-refractivity contribution < 1.29 is 4.79 Å². The number of halogens is 2. The van der Waals surface area contributed by atoms with Gasteiger partial charge in [0.15, 0.2) is 0 Å². The largest absolute Gasteiger partial charge is 0.327 e. The average molecular weight is 353 g/mol. The summed E-state index contributed by atoms with van der Waals surface area (Å²) >= 11 is 9.03. The molecule has 7 heteroatoms. The molecule has 0 fully saturated rings. The molecule has 2 rings (SSSR count). The monoisotopic (exact) mass is 351 g/mol. The van der Waals surface area contributed by atoms with Crippen molar-refractivity contribution in [3.63, 3.8) is 0 Å². The van der Waals surface area contributed by atoms with Gasteiger partial charge < -0.3 is 10.3 Å². The van der Waals surface area contributed by atoms with Crippen molar-refractivity contribution in [1.29, 1.82) is 5.26 Å². The van der Waals surface area contributed by atoms with Crippen molar-refractivity contribution in [2.45, 2.75) is 0 Å². The number of nitriles is 1. The van der Waals surface area contributed by atoms with Gasteiger partial charge in [0.25, 0.3) is 11.5 Å². The van der Waals surface area contributed by atoms with Gasteiger partial charge in [0, 0.05) is 10.7 Å². The van der Waals surface area contributed by atoms with Crippen LogP contribution in [0.25, 0.3) is 0 Å². The fourth-order valence-electron chi connectivity index (χ4n) is 1.56. The van der Waals surface area contributed by atoms with Crippen LogP contribution >= 0.6 is 27.5 Å². The smallest absolute Gasteiger partial charge is 0.261 e. The second kappa shape index (κ2) is 5.90. The zero-order valence-electron chi connectivity index (χ0n) is 9.91. The molecular formula is C13H7BrClN3O2. The number of pyridine rings is 1. The van der Waals surface area contributed by atoms with Crippen molar-refractivity contribution in [2.24, 2.45) is 0 Å². The van der Waals surface area contributed by atoms with Gasteiger partial charge in [0.2, 0.25) is 0 Å². The lowest BCUT2D eigenvalue weighted by Crippen LogP contribution is -2.23. The summed E-state index contributed by atoms with van der Waals surface area (Å²) in [5.41, 5.74) is -0.187. The Morgan fingerprint density at radius 1 is 1.45 bits per heavy atom. The third-order valence-electron chi connectivity index (χ3n) is 2.49. The van der Waals surface area contributed by atoms with Crippen molar-refractivity contribution in [3.8, 4) is 6.07 Å². The summed E-state index contributed by atoms with van der Waals surface area (Å²) in [5.74, 6) is -0.619. The summed E-state index contributed by atoms with van der Waals surface area (Å²) in [6, 6.07) is 7.98. The maximum absolute atomic E-state index is 12.1. The number of hydrogen-bond acceptors (Lipinski definition) is 3. The standard InChI is InChI=1S/C13H7BrClN3O2/c14-7-4-8(12(19)17-6-7)13(20)18-11-3-1-2-10(15)9(11)5-16/h1-4,6H,(H,17,19)(H,18,20).